The van der Waals surface area contributed by atoms with Gasteiger partial charge in [0.2, 0.25) is 0 Å². The Morgan fingerprint density at radius 2 is 2.17 bits per heavy atom. The Kier molecular flexibility index (Phi) is 2.59. The van der Waals surface area contributed by atoms with Crippen LogP contribution in [0.3, 0.4) is 0 Å². The summed E-state index contributed by atoms with van der Waals surface area (Å²) in [6, 6.07) is 3.45. The van der Waals surface area contributed by atoms with Crippen LogP contribution in [0.1, 0.15) is 0 Å². The molecule has 12 heavy (non-hydrogen) atoms. The molecule has 3 nitrogen and oxygen atoms in total. The molecule has 0 amide bonds. The second-order valence-electron chi connectivity index (χ2n) is 2.26. The molecule has 64 valence electrons. The standard InChI is InChI=1S/C7H5BrN2O.ClH/c8-5-2-6-4(1-7(5)11)3-9-10-6;/h1-3,11H,(H,9,10);1H. The van der Waals surface area contributed by atoms with Crippen LogP contribution >= 0.6 is 28.3 Å². The molecule has 0 fully saturated rings. The maximum absolute atomic E-state index is 9.25. The van der Waals surface area contributed by atoms with E-state index in [9.17, 15) is 5.11 Å². The van der Waals surface area contributed by atoms with Gasteiger partial charge in [0.15, 0.2) is 0 Å². The van der Waals surface area contributed by atoms with Gasteiger partial charge in [0.1, 0.15) is 5.75 Å². The van der Waals surface area contributed by atoms with E-state index in [0.29, 0.717) is 4.47 Å². The summed E-state index contributed by atoms with van der Waals surface area (Å²) in [5, 5.41) is 16.8. The normalized spacial score (nSPS) is 9.75. The van der Waals surface area contributed by atoms with Crippen LogP contribution in [0.4, 0.5) is 0 Å². The number of halogens is 2. The summed E-state index contributed by atoms with van der Waals surface area (Å²) in [6.07, 6.45) is 1.67. The first-order chi connectivity index (χ1) is 5.27. The molecule has 0 aliphatic rings. The van der Waals surface area contributed by atoms with Crippen molar-refractivity contribution >= 4 is 39.2 Å². The van der Waals surface area contributed by atoms with Crippen molar-refractivity contribution in [3.63, 3.8) is 0 Å². The molecule has 1 aromatic heterocycles. The SMILES string of the molecule is Cl.Oc1cc2cn[nH]c2cc1Br. The van der Waals surface area contributed by atoms with Crippen LogP contribution < -0.4 is 0 Å². The Hall–Kier alpha value is -0.740. The number of aromatic nitrogens is 2. The fourth-order valence-electron chi connectivity index (χ4n) is 0.953. The number of H-pyrrole nitrogens is 1. The molecule has 1 heterocycles. The zero-order valence-electron chi connectivity index (χ0n) is 5.91. The first kappa shape index (κ1) is 9.35. The monoisotopic (exact) mass is 248 g/mol. The fraction of sp³-hybridized carbons (Fsp3) is 0. The third kappa shape index (κ3) is 1.40. The molecular weight excluding hydrogens is 243 g/mol. The molecule has 1 aromatic carbocycles. The van der Waals surface area contributed by atoms with Gasteiger partial charge in [-0.15, -0.1) is 12.4 Å². The van der Waals surface area contributed by atoms with E-state index >= 15 is 0 Å². The molecule has 0 saturated carbocycles. The van der Waals surface area contributed by atoms with Crippen LogP contribution in [-0.2, 0) is 0 Å². The summed E-state index contributed by atoms with van der Waals surface area (Å²) >= 11 is 3.20. The Morgan fingerprint density at radius 1 is 1.42 bits per heavy atom. The minimum Gasteiger partial charge on any atom is -0.507 e. The number of fused-ring (bicyclic) bond motifs is 1. The summed E-state index contributed by atoms with van der Waals surface area (Å²) in [6.45, 7) is 0. The topological polar surface area (TPSA) is 48.9 Å². The van der Waals surface area contributed by atoms with E-state index in [0.717, 1.165) is 10.9 Å². The number of nitrogens with one attached hydrogen (secondary N) is 1. The summed E-state index contributed by atoms with van der Waals surface area (Å²) in [4.78, 5) is 0. The van der Waals surface area contributed by atoms with Crippen molar-refractivity contribution < 1.29 is 5.11 Å². The second-order valence-corrected chi connectivity index (χ2v) is 3.12. The molecule has 2 aromatic rings. The molecule has 5 heteroatoms. The lowest BCUT2D eigenvalue weighted by Crippen LogP contribution is -1.70. The quantitative estimate of drug-likeness (QED) is 0.753. The van der Waals surface area contributed by atoms with Crippen molar-refractivity contribution in [3.05, 3.63) is 22.8 Å². The largest absolute Gasteiger partial charge is 0.507 e. The molecule has 0 atom stereocenters. The fourth-order valence-corrected chi connectivity index (χ4v) is 1.30. The van der Waals surface area contributed by atoms with Crippen molar-refractivity contribution in [1.82, 2.24) is 10.2 Å². The zero-order valence-corrected chi connectivity index (χ0v) is 8.32. The van der Waals surface area contributed by atoms with E-state index in [-0.39, 0.29) is 18.2 Å². The molecule has 0 aliphatic carbocycles. The lowest BCUT2D eigenvalue weighted by atomic mass is 10.2. The Labute approximate surface area is 83.3 Å². The van der Waals surface area contributed by atoms with Crippen LogP contribution in [-0.4, -0.2) is 15.3 Å². The van der Waals surface area contributed by atoms with Gasteiger partial charge in [0.05, 0.1) is 16.2 Å². The van der Waals surface area contributed by atoms with Gasteiger partial charge in [0.25, 0.3) is 0 Å². The van der Waals surface area contributed by atoms with Crippen molar-refractivity contribution in [1.29, 1.82) is 0 Å². The molecule has 0 unspecified atom stereocenters. The second kappa shape index (κ2) is 3.33. The van der Waals surface area contributed by atoms with Gasteiger partial charge in [0, 0.05) is 5.39 Å². The molecular formula is C7H6BrClN2O. The van der Waals surface area contributed by atoms with E-state index in [4.69, 9.17) is 0 Å². The van der Waals surface area contributed by atoms with Crippen LogP contribution in [0.25, 0.3) is 10.9 Å². The third-order valence-corrected chi connectivity index (χ3v) is 2.14. The van der Waals surface area contributed by atoms with Crippen molar-refractivity contribution in [3.8, 4) is 5.75 Å². The summed E-state index contributed by atoms with van der Waals surface area (Å²) in [5.74, 6) is 0.235. The number of hydrogen-bond donors (Lipinski definition) is 2. The minimum absolute atomic E-state index is 0. The van der Waals surface area contributed by atoms with E-state index in [1.807, 2.05) is 0 Å². The van der Waals surface area contributed by atoms with Crippen molar-refractivity contribution in [2.24, 2.45) is 0 Å². The minimum atomic E-state index is 0. The highest BCUT2D eigenvalue weighted by Crippen LogP contribution is 2.27. The van der Waals surface area contributed by atoms with Crippen molar-refractivity contribution in [2.45, 2.75) is 0 Å². The van der Waals surface area contributed by atoms with Crippen LogP contribution in [0, 0.1) is 0 Å². The van der Waals surface area contributed by atoms with Gasteiger partial charge in [-0.25, -0.2) is 0 Å². The number of aromatic hydroxyl groups is 1. The number of aromatic amines is 1. The average molecular weight is 249 g/mol. The van der Waals surface area contributed by atoms with E-state index < -0.39 is 0 Å². The number of phenols is 1. The Bertz CT molecular complexity index is 365. The van der Waals surface area contributed by atoms with Crippen LogP contribution in [0.15, 0.2) is 22.8 Å². The van der Waals surface area contributed by atoms with E-state index in [2.05, 4.69) is 26.1 Å². The predicted molar refractivity (Wildman–Crippen MR) is 52.7 cm³/mol. The van der Waals surface area contributed by atoms with Gasteiger partial charge < -0.3 is 5.11 Å². The number of benzene rings is 1. The Morgan fingerprint density at radius 3 is 2.92 bits per heavy atom. The summed E-state index contributed by atoms with van der Waals surface area (Å²) < 4.78 is 0.675. The highest BCUT2D eigenvalue weighted by atomic mass is 79.9. The molecule has 2 N–H and O–H groups in total. The lowest BCUT2D eigenvalue weighted by Gasteiger charge is -1.94. The highest BCUT2D eigenvalue weighted by molar-refractivity contribution is 9.10. The first-order valence-corrected chi connectivity index (χ1v) is 3.88. The maximum atomic E-state index is 9.25. The number of rotatable bonds is 0. The summed E-state index contributed by atoms with van der Waals surface area (Å²) in [7, 11) is 0. The molecule has 2 rings (SSSR count). The lowest BCUT2D eigenvalue weighted by molar-refractivity contribution is 0.473. The number of nitrogens with zero attached hydrogens (tertiary/aromatic N) is 1. The Balaban J connectivity index is 0.000000720. The maximum Gasteiger partial charge on any atom is 0.130 e. The molecule has 0 bridgehead atoms. The molecule has 0 spiro atoms. The van der Waals surface area contributed by atoms with Gasteiger partial charge in [-0.05, 0) is 28.1 Å². The van der Waals surface area contributed by atoms with E-state index in [1.54, 1.807) is 18.3 Å². The third-order valence-electron chi connectivity index (χ3n) is 1.51. The molecule has 0 aliphatic heterocycles. The smallest absolute Gasteiger partial charge is 0.130 e. The number of phenolic OH excluding ortho intramolecular Hbond substituents is 1. The molecule has 0 radical (unpaired) electrons. The summed E-state index contributed by atoms with van der Waals surface area (Å²) in [5.41, 5.74) is 0.912. The average Bonchev–Trinajstić information content (AvgIpc) is 2.36. The van der Waals surface area contributed by atoms with Gasteiger partial charge >= 0.3 is 0 Å². The van der Waals surface area contributed by atoms with Crippen LogP contribution in [0.5, 0.6) is 5.75 Å². The number of hydrogen-bond acceptors (Lipinski definition) is 2. The van der Waals surface area contributed by atoms with Crippen LogP contribution in [0.2, 0.25) is 0 Å². The zero-order chi connectivity index (χ0) is 7.84. The van der Waals surface area contributed by atoms with Gasteiger partial charge in [-0.2, -0.15) is 5.10 Å². The molecule has 0 saturated heterocycles. The van der Waals surface area contributed by atoms with Gasteiger partial charge in [-0.3, -0.25) is 5.10 Å². The first-order valence-electron chi connectivity index (χ1n) is 3.09. The van der Waals surface area contributed by atoms with Gasteiger partial charge in [-0.1, -0.05) is 0 Å². The van der Waals surface area contributed by atoms with Crippen molar-refractivity contribution in [2.75, 3.05) is 0 Å². The van der Waals surface area contributed by atoms with E-state index in [1.165, 1.54) is 0 Å². The highest BCUT2D eigenvalue weighted by Gasteiger charge is 2.00. The predicted octanol–water partition coefficient (Wildman–Crippen LogP) is 2.45.